The van der Waals surface area contributed by atoms with Gasteiger partial charge in [0.1, 0.15) is 6.54 Å². The maximum Gasteiger partial charge on any atom is 0.323 e. The Hall–Kier alpha value is -2.55. The van der Waals surface area contributed by atoms with Gasteiger partial charge < -0.3 is 14.9 Å². The highest BCUT2D eigenvalue weighted by Gasteiger charge is 2.21. The number of hydrogen-bond donors (Lipinski definition) is 1. The van der Waals surface area contributed by atoms with E-state index in [4.69, 9.17) is 11.5 Å². The Labute approximate surface area is 118 Å². The van der Waals surface area contributed by atoms with Crippen LogP contribution in [0.15, 0.2) is 24.5 Å². The molecule has 6 nitrogen and oxygen atoms in total. The lowest BCUT2D eigenvalue weighted by atomic mass is 10.2. The van der Waals surface area contributed by atoms with Crippen LogP contribution >= 0.6 is 0 Å². The second-order valence-electron chi connectivity index (χ2n) is 4.11. The Morgan fingerprint density at radius 2 is 2.00 bits per heavy atom. The largest absolute Gasteiger partial charge is 0.480 e. The van der Waals surface area contributed by atoms with Crippen LogP contribution in [0.1, 0.15) is 12.5 Å². The summed E-state index contributed by atoms with van der Waals surface area (Å²) in [6.45, 7) is 2.24. The molecule has 1 N–H and O–H groups in total. The molecule has 0 aliphatic carbocycles. The van der Waals surface area contributed by atoms with E-state index < -0.39 is 12.5 Å². The number of rotatable bonds is 6. The molecule has 0 saturated heterocycles. The number of hydrogen-bond acceptors (Lipinski definition) is 3. The molecule has 0 aromatic carbocycles. The van der Waals surface area contributed by atoms with Gasteiger partial charge in [0.25, 0.3) is 0 Å². The highest BCUT2D eigenvalue weighted by atomic mass is 16.4. The van der Waals surface area contributed by atoms with E-state index in [1.807, 2.05) is 6.92 Å². The molecule has 0 atom stereocenters. The Morgan fingerprint density at radius 3 is 2.50 bits per heavy atom. The first kappa shape index (κ1) is 15.5. The Balaban J connectivity index is 2.78. The molecule has 0 fully saturated rings. The number of urea groups is 1. The summed E-state index contributed by atoms with van der Waals surface area (Å²) in [5, 5.41) is 8.81. The first-order valence-electron chi connectivity index (χ1n) is 6.16. The van der Waals surface area contributed by atoms with E-state index >= 15 is 0 Å². The van der Waals surface area contributed by atoms with Gasteiger partial charge in [0.15, 0.2) is 0 Å². The molecular formula is C14H17N3O3. The molecule has 1 heterocycles. The van der Waals surface area contributed by atoms with E-state index in [9.17, 15) is 9.59 Å². The molecule has 0 aliphatic rings. The summed E-state index contributed by atoms with van der Waals surface area (Å²) in [5.74, 6) is 1.21. The average Bonchev–Trinajstić information content (AvgIpc) is 2.44. The van der Waals surface area contributed by atoms with Crippen LogP contribution in [0.5, 0.6) is 0 Å². The van der Waals surface area contributed by atoms with E-state index in [0.717, 1.165) is 10.5 Å². The number of terminal acetylenes is 1. The number of carboxylic acid groups (broad SMARTS) is 1. The van der Waals surface area contributed by atoms with Crippen LogP contribution in [0.3, 0.4) is 0 Å². The fourth-order valence-electron chi connectivity index (χ4n) is 1.69. The van der Waals surface area contributed by atoms with Crippen molar-refractivity contribution in [1.29, 1.82) is 0 Å². The van der Waals surface area contributed by atoms with Gasteiger partial charge in [-0.3, -0.25) is 9.78 Å². The third kappa shape index (κ3) is 4.61. The van der Waals surface area contributed by atoms with Crippen molar-refractivity contribution >= 4 is 12.0 Å². The lowest BCUT2D eigenvalue weighted by molar-refractivity contribution is -0.137. The maximum atomic E-state index is 12.3. The molecule has 20 heavy (non-hydrogen) atoms. The number of carbonyl (C=O) groups is 2. The molecule has 6 heteroatoms. The Morgan fingerprint density at radius 1 is 1.35 bits per heavy atom. The predicted molar refractivity (Wildman–Crippen MR) is 73.8 cm³/mol. The number of nitrogens with zero attached hydrogens (tertiary/aromatic N) is 3. The second kappa shape index (κ2) is 7.79. The molecular weight excluding hydrogens is 258 g/mol. The van der Waals surface area contributed by atoms with Crippen LogP contribution in [0.25, 0.3) is 0 Å². The molecule has 1 aromatic rings. The van der Waals surface area contributed by atoms with Crippen molar-refractivity contribution in [2.45, 2.75) is 13.5 Å². The summed E-state index contributed by atoms with van der Waals surface area (Å²) in [5.41, 5.74) is 0.922. The quantitative estimate of drug-likeness (QED) is 0.787. The number of amides is 2. The lowest BCUT2D eigenvalue weighted by Gasteiger charge is -2.27. The number of aliphatic carboxylic acids is 1. The van der Waals surface area contributed by atoms with E-state index in [1.165, 1.54) is 4.90 Å². The van der Waals surface area contributed by atoms with Crippen LogP contribution < -0.4 is 0 Å². The van der Waals surface area contributed by atoms with Gasteiger partial charge >= 0.3 is 12.0 Å². The minimum atomic E-state index is -1.09. The van der Waals surface area contributed by atoms with Gasteiger partial charge in [0, 0.05) is 25.5 Å². The fraction of sp³-hybridized carbons (Fsp3) is 0.357. The third-order valence-electron chi connectivity index (χ3n) is 2.65. The van der Waals surface area contributed by atoms with Crippen molar-refractivity contribution in [3.63, 3.8) is 0 Å². The number of carbonyl (C=O) groups excluding carboxylic acids is 1. The van der Waals surface area contributed by atoms with E-state index in [1.54, 1.807) is 24.5 Å². The molecule has 2 amide bonds. The third-order valence-corrected chi connectivity index (χ3v) is 2.65. The summed E-state index contributed by atoms with van der Waals surface area (Å²) in [7, 11) is 0. The molecule has 0 bridgehead atoms. The van der Waals surface area contributed by atoms with Crippen molar-refractivity contribution < 1.29 is 14.7 Å². The zero-order valence-electron chi connectivity index (χ0n) is 11.3. The first-order chi connectivity index (χ1) is 9.58. The summed E-state index contributed by atoms with van der Waals surface area (Å²) in [4.78, 5) is 29.6. The van der Waals surface area contributed by atoms with Crippen LogP contribution in [-0.2, 0) is 11.3 Å². The van der Waals surface area contributed by atoms with Crippen LogP contribution in [0, 0.1) is 12.3 Å². The summed E-state index contributed by atoms with van der Waals surface area (Å²) in [6, 6.07) is 3.22. The summed E-state index contributed by atoms with van der Waals surface area (Å²) >= 11 is 0. The molecule has 0 aliphatic heterocycles. The van der Waals surface area contributed by atoms with Gasteiger partial charge in [-0.15, -0.1) is 6.42 Å². The van der Waals surface area contributed by atoms with Gasteiger partial charge in [0.05, 0.1) is 6.54 Å². The van der Waals surface area contributed by atoms with Gasteiger partial charge in [-0.2, -0.15) is 0 Å². The smallest absolute Gasteiger partial charge is 0.323 e. The van der Waals surface area contributed by atoms with E-state index in [-0.39, 0.29) is 12.6 Å². The monoisotopic (exact) mass is 275 g/mol. The summed E-state index contributed by atoms with van der Waals surface area (Å²) < 4.78 is 0. The molecule has 0 spiro atoms. The molecule has 0 radical (unpaired) electrons. The zero-order chi connectivity index (χ0) is 15.0. The van der Waals surface area contributed by atoms with Crippen molar-refractivity contribution in [3.05, 3.63) is 30.1 Å². The van der Waals surface area contributed by atoms with Crippen molar-refractivity contribution in [2.24, 2.45) is 0 Å². The number of aromatic nitrogens is 1. The number of carboxylic acids is 1. The minimum absolute atomic E-state index is 0.0298. The normalized spacial score (nSPS) is 9.60. The minimum Gasteiger partial charge on any atom is -0.480 e. The lowest BCUT2D eigenvalue weighted by Crippen LogP contribution is -2.45. The fourth-order valence-corrected chi connectivity index (χ4v) is 1.69. The molecule has 1 aromatic heterocycles. The molecule has 1 rings (SSSR count). The van der Waals surface area contributed by atoms with Crippen LogP contribution in [0.4, 0.5) is 4.79 Å². The molecule has 106 valence electrons. The standard InChI is InChI=1S/C14H17N3O3/c1-3-9-17(11-13(18)19)14(20)16(4-2)10-12-5-7-15-8-6-12/h1,5-8H,4,9-11H2,2H3,(H,18,19). The van der Waals surface area contributed by atoms with Gasteiger partial charge in [-0.05, 0) is 24.6 Å². The zero-order valence-corrected chi connectivity index (χ0v) is 11.3. The van der Waals surface area contributed by atoms with Crippen LogP contribution in [0.2, 0.25) is 0 Å². The summed E-state index contributed by atoms with van der Waals surface area (Å²) in [6.07, 6.45) is 8.46. The van der Waals surface area contributed by atoms with Crippen LogP contribution in [-0.4, -0.2) is 51.5 Å². The van der Waals surface area contributed by atoms with E-state index in [0.29, 0.717) is 13.1 Å². The van der Waals surface area contributed by atoms with Gasteiger partial charge in [-0.1, -0.05) is 5.92 Å². The second-order valence-corrected chi connectivity index (χ2v) is 4.11. The predicted octanol–water partition coefficient (Wildman–Crippen LogP) is 1.04. The molecule has 0 saturated carbocycles. The SMILES string of the molecule is C#CCN(CC(=O)O)C(=O)N(CC)Cc1ccncc1. The first-order valence-corrected chi connectivity index (χ1v) is 6.16. The molecule has 0 unspecified atom stereocenters. The highest BCUT2D eigenvalue weighted by molar-refractivity contribution is 5.80. The number of pyridine rings is 1. The Bertz CT molecular complexity index is 496. The average molecular weight is 275 g/mol. The highest BCUT2D eigenvalue weighted by Crippen LogP contribution is 2.06. The van der Waals surface area contributed by atoms with Gasteiger partial charge in [-0.25, -0.2) is 4.79 Å². The van der Waals surface area contributed by atoms with E-state index in [2.05, 4.69) is 10.9 Å². The van der Waals surface area contributed by atoms with Crippen molar-refractivity contribution in [1.82, 2.24) is 14.8 Å². The van der Waals surface area contributed by atoms with Crippen molar-refractivity contribution in [3.8, 4) is 12.3 Å². The topological polar surface area (TPSA) is 73.7 Å². The Kier molecular flexibility index (Phi) is 6.04. The van der Waals surface area contributed by atoms with Crippen molar-refractivity contribution in [2.75, 3.05) is 19.6 Å². The maximum absolute atomic E-state index is 12.3. The van der Waals surface area contributed by atoms with Gasteiger partial charge in [0.2, 0.25) is 0 Å².